The van der Waals surface area contributed by atoms with Crippen LogP contribution in [0.25, 0.3) is 22.8 Å². The highest BCUT2D eigenvalue weighted by atomic mass is 32.1. The topological polar surface area (TPSA) is 71.8 Å². The SMILES string of the molecule is O=c1ccc(-c2noc(-c3ccsc3)n2)c[nH]1. The molecule has 0 spiro atoms. The van der Waals surface area contributed by atoms with E-state index in [4.69, 9.17) is 4.52 Å². The monoisotopic (exact) mass is 245 g/mol. The zero-order valence-electron chi connectivity index (χ0n) is 8.58. The number of hydrogen-bond donors (Lipinski definition) is 1. The number of hydrogen-bond acceptors (Lipinski definition) is 5. The van der Waals surface area contributed by atoms with Gasteiger partial charge in [-0.1, -0.05) is 5.16 Å². The van der Waals surface area contributed by atoms with Gasteiger partial charge in [0, 0.05) is 23.2 Å². The van der Waals surface area contributed by atoms with E-state index in [0.29, 0.717) is 11.7 Å². The van der Waals surface area contributed by atoms with Crippen LogP contribution in [-0.4, -0.2) is 15.1 Å². The summed E-state index contributed by atoms with van der Waals surface area (Å²) in [4.78, 5) is 17.8. The molecule has 3 heterocycles. The van der Waals surface area contributed by atoms with E-state index in [-0.39, 0.29) is 5.56 Å². The Balaban J connectivity index is 2.00. The van der Waals surface area contributed by atoms with Crippen molar-refractivity contribution in [3.05, 3.63) is 45.5 Å². The number of pyridine rings is 1. The fourth-order valence-electron chi connectivity index (χ4n) is 1.39. The second-order valence-corrected chi connectivity index (χ2v) is 4.16. The van der Waals surface area contributed by atoms with Crippen molar-refractivity contribution in [3.63, 3.8) is 0 Å². The maximum atomic E-state index is 10.9. The molecule has 0 aliphatic carbocycles. The van der Waals surface area contributed by atoms with E-state index in [2.05, 4.69) is 15.1 Å². The van der Waals surface area contributed by atoms with Crippen LogP contribution in [0.5, 0.6) is 0 Å². The number of H-pyrrole nitrogens is 1. The van der Waals surface area contributed by atoms with Crippen molar-refractivity contribution in [2.24, 2.45) is 0 Å². The normalized spacial score (nSPS) is 10.6. The average Bonchev–Trinajstić information content (AvgIpc) is 3.00. The van der Waals surface area contributed by atoms with Gasteiger partial charge in [-0.2, -0.15) is 16.3 Å². The van der Waals surface area contributed by atoms with Gasteiger partial charge >= 0.3 is 0 Å². The lowest BCUT2D eigenvalue weighted by molar-refractivity contribution is 0.432. The van der Waals surface area contributed by atoms with Crippen LogP contribution in [-0.2, 0) is 0 Å². The molecule has 1 N–H and O–H groups in total. The third kappa shape index (κ3) is 1.90. The predicted molar refractivity (Wildman–Crippen MR) is 63.7 cm³/mol. The number of nitrogens with one attached hydrogen (secondary N) is 1. The van der Waals surface area contributed by atoms with Crippen LogP contribution >= 0.6 is 11.3 Å². The van der Waals surface area contributed by atoms with Crippen molar-refractivity contribution in [1.82, 2.24) is 15.1 Å². The van der Waals surface area contributed by atoms with Crippen molar-refractivity contribution >= 4 is 11.3 Å². The van der Waals surface area contributed by atoms with E-state index < -0.39 is 0 Å². The number of thiophene rings is 1. The van der Waals surface area contributed by atoms with Crippen LogP contribution in [0.4, 0.5) is 0 Å². The highest BCUT2D eigenvalue weighted by Crippen LogP contribution is 2.22. The Bertz CT molecular complexity index is 664. The van der Waals surface area contributed by atoms with Crippen molar-refractivity contribution in [2.75, 3.05) is 0 Å². The van der Waals surface area contributed by atoms with Gasteiger partial charge in [-0.25, -0.2) is 0 Å². The average molecular weight is 245 g/mol. The molecule has 0 fully saturated rings. The summed E-state index contributed by atoms with van der Waals surface area (Å²) in [6.07, 6.45) is 1.56. The molecule has 3 aromatic rings. The molecule has 6 heteroatoms. The molecule has 0 bridgehead atoms. The molecule has 0 saturated carbocycles. The summed E-state index contributed by atoms with van der Waals surface area (Å²) in [5, 5.41) is 7.75. The largest absolute Gasteiger partial charge is 0.334 e. The third-order valence-corrected chi connectivity index (χ3v) is 2.92. The Kier molecular flexibility index (Phi) is 2.34. The minimum absolute atomic E-state index is 0.157. The molecule has 84 valence electrons. The molecule has 0 aliphatic heterocycles. The van der Waals surface area contributed by atoms with E-state index >= 15 is 0 Å². The maximum absolute atomic E-state index is 10.9. The minimum atomic E-state index is -0.157. The van der Waals surface area contributed by atoms with E-state index in [0.717, 1.165) is 11.1 Å². The summed E-state index contributed by atoms with van der Waals surface area (Å²) in [5.41, 5.74) is 1.46. The minimum Gasteiger partial charge on any atom is -0.334 e. The fraction of sp³-hybridized carbons (Fsp3) is 0. The van der Waals surface area contributed by atoms with Gasteiger partial charge in [0.05, 0.1) is 5.56 Å². The van der Waals surface area contributed by atoms with Gasteiger partial charge in [-0.15, -0.1) is 0 Å². The third-order valence-electron chi connectivity index (χ3n) is 2.24. The Morgan fingerprint density at radius 1 is 1.24 bits per heavy atom. The molecule has 3 aromatic heterocycles. The maximum Gasteiger partial charge on any atom is 0.259 e. The Morgan fingerprint density at radius 3 is 2.88 bits per heavy atom. The highest BCUT2D eigenvalue weighted by molar-refractivity contribution is 7.08. The van der Waals surface area contributed by atoms with Gasteiger partial charge in [0.25, 0.3) is 5.89 Å². The molecule has 0 radical (unpaired) electrons. The van der Waals surface area contributed by atoms with Crippen LogP contribution in [0.3, 0.4) is 0 Å². The van der Waals surface area contributed by atoms with Crippen LogP contribution in [0.15, 0.2) is 44.5 Å². The number of aromatic nitrogens is 3. The van der Waals surface area contributed by atoms with Crippen LogP contribution in [0, 0.1) is 0 Å². The standard InChI is InChI=1S/C11H7N3O2S/c15-9-2-1-7(5-12-9)10-13-11(16-14-10)8-3-4-17-6-8/h1-6H,(H,12,15). The molecule has 0 aliphatic rings. The highest BCUT2D eigenvalue weighted by Gasteiger charge is 2.10. The second-order valence-electron chi connectivity index (χ2n) is 3.38. The van der Waals surface area contributed by atoms with Gasteiger partial charge in [-0.05, 0) is 17.5 Å². The number of rotatable bonds is 2. The summed E-state index contributed by atoms with van der Waals surface area (Å²) in [5.74, 6) is 0.940. The molecule has 0 unspecified atom stereocenters. The van der Waals surface area contributed by atoms with Crippen molar-refractivity contribution in [1.29, 1.82) is 0 Å². The Labute approximate surface area is 99.8 Å². The number of aromatic amines is 1. The van der Waals surface area contributed by atoms with Gasteiger partial charge in [-0.3, -0.25) is 4.79 Å². The van der Waals surface area contributed by atoms with Gasteiger partial charge in [0.2, 0.25) is 11.4 Å². The summed E-state index contributed by atoms with van der Waals surface area (Å²) in [6, 6.07) is 4.99. The lowest BCUT2D eigenvalue weighted by atomic mass is 10.3. The van der Waals surface area contributed by atoms with E-state index in [1.54, 1.807) is 23.6 Å². The van der Waals surface area contributed by atoms with E-state index in [9.17, 15) is 4.79 Å². The Morgan fingerprint density at radius 2 is 2.18 bits per heavy atom. The predicted octanol–water partition coefficient (Wildman–Crippen LogP) is 2.15. The first-order valence-electron chi connectivity index (χ1n) is 4.88. The molecule has 5 nitrogen and oxygen atoms in total. The molecule has 3 rings (SSSR count). The molecule has 0 atom stereocenters. The van der Waals surface area contributed by atoms with E-state index in [1.165, 1.54) is 6.07 Å². The summed E-state index contributed by atoms with van der Waals surface area (Å²) in [7, 11) is 0. The van der Waals surface area contributed by atoms with Crippen LogP contribution in [0.1, 0.15) is 0 Å². The molecule has 0 saturated heterocycles. The van der Waals surface area contributed by atoms with Gasteiger partial charge in [0.1, 0.15) is 0 Å². The Hall–Kier alpha value is -2.21. The quantitative estimate of drug-likeness (QED) is 0.750. The van der Waals surface area contributed by atoms with Gasteiger partial charge in [0.15, 0.2) is 0 Å². The van der Waals surface area contributed by atoms with Gasteiger partial charge < -0.3 is 9.51 Å². The fourth-order valence-corrected chi connectivity index (χ4v) is 2.02. The first-order valence-corrected chi connectivity index (χ1v) is 5.82. The van der Waals surface area contributed by atoms with Crippen LogP contribution < -0.4 is 5.56 Å². The van der Waals surface area contributed by atoms with Crippen molar-refractivity contribution < 1.29 is 4.52 Å². The number of nitrogens with zero attached hydrogens (tertiary/aromatic N) is 2. The van der Waals surface area contributed by atoms with Crippen LogP contribution in [0.2, 0.25) is 0 Å². The summed E-state index contributed by atoms with van der Waals surface area (Å²) < 4.78 is 5.15. The lowest BCUT2D eigenvalue weighted by Gasteiger charge is -1.90. The second kappa shape index (κ2) is 3.99. The first-order chi connectivity index (χ1) is 8.33. The molecular formula is C11H7N3O2S. The zero-order chi connectivity index (χ0) is 11.7. The molecule has 17 heavy (non-hydrogen) atoms. The summed E-state index contributed by atoms with van der Waals surface area (Å²) in [6.45, 7) is 0. The summed E-state index contributed by atoms with van der Waals surface area (Å²) >= 11 is 1.57. The van der Waals surface area contributed by atoms with E-state index in [1.807, 2.05) is 16.8 Å². The molecular weight excluding hydrogens is 238 g/mol. The van der Waals surface area contributed by atoms with Crippen molar-refractivity contribution in [3.8, 4) is 22.8 Å². The molecule has 0 aromatic carbocycles. The first kappa shape index (κ1) is 9.98. The van der Waals surface area contributed by atoms with Crippen molar-refractivity contribution in [2.45, 2.75) is 0 Å². The molecule has 0 amide bonds. The zero-order valence-corrected chi connectivity index (χ0v) is 9.40. The lowest BCUT2D eigenvalue weighted by Crippen LogP contribution is -2.01. The smallest absolute Gasteiger partial charge is 0.259 e.